The average molecular weight is 444 g/mol. The van der Waals surface area contributed by atoms with Crippen LogP contribution in [0.1, 0.15) is 37.4 Å². The van der Waals surface area contributed by atoms with Crippen molar-refractivity contribution in [2.45, 2.75) is 13.0 Å². The van der Waals surface area contributed by atoms with Crippen LogP contribution in [0.2, 0.25) is 0 Å². The number of fused-ring (bicyclic) bond motifs is 1. The molecule has 2 heterocycles. The molecular formula is C25H20N2O6. The number of aromatic nitrogens is 2. The normalized spacial score (nSPS) is 10.7. The standard InChI is InChI=1S/C25H20N2O6/c1-32-22-11-16(8-9-26-22)14-33-25(31)18-6-7-21-19(12-18)13-20(23(28)27-21)10-15-2-4-17(5-3-15)24(29)30/h2-9,11-13H,10,14H2,1H3,(H,27,28)(H,29,30). The summed E-state index contributed by atoms with van der Waals surface area (Å²) in [6.07, 6.45) is 1.90. The molecular weight excluding hydrogens is 424 g/mol. The van der Waals surface area contributed by atoms with Gasteiger partial charge in [0.05, 0.1) is 18.2 Å². The van der Waals surface area contributed by atoms with Gasteiger partial charge in [-0.25, -0.2) is 14.6 Å². The third-order valence-electron chi connectivity index (χ3n) is 5.13. The van der Waals surface area contributed by atoms with Crippen LogP contribution in [-0.2, 0) is 17.8 Å². The van der Waals surface area contributed by atoms with Gasteiger partial charge in [-0.05, 0) is 59.0 Å². The van der Waals surface area contributed by atoms with Gasteiger partial charge in [-0.15, -0.1) is 0 Å². The Morgan fingerprint density at radius 1 is 0.970 bits per heavy atom. The molecule has 0 saturated heterocycles. The van der Waals surface area contributed by atoms with Crippen molar-refractivity contribution in [2.24, 2.45) is 0 Å². The van der Waals surface area contributed by atoms with Crippen LogP contribution in [0.4, 0.5) is 0 Å². The number of methoxy groups -OCH3 is 1. The Morgan fingerprint density at radius 3 is 2.45 bits per heavy atom. The fraction of sp³-hybridized carbons (Fsp3) is 0.120. The lowest BCUT2D eigenvalue weighted by Gasteiger charge is -2.08. The van der Waals surface area contributed by atoms with Gasteiger partial charge in [0.2, 0.25) is 5.88 Å². The van der Waals surface area contributed by atoms with E-state index in [1.807, 2.05) is 0 Å². The van der Waals surface area contributed by atoms with Crippen LogP contribution in [0, 0.1) is 0 Å². The second-order valence-electron chi connectivity index (χ2n) is 7.39. The Kier molecular flexibility index (Phi) is 6.17. The van der Waals surface area contributed by atoms with E-state index in [0.717, 1.165) is 11.1 Å². The van der Waals surface area contributed by atoms with Crippen molar-refractivity contribution in [3.05, 3.63) is 105 Å². The molecule has 0 bridgehead atoms. The zero-order valence-electron chi connectivity index (χ0n) is 17.7. The lowest BCUT2D eigenvalue weighted by molar-refractivity contribution is 0.0472. The summed E-state index contributed by atoms with van der Waals surface area (Å²) >= 11 is 0. The quantitative estimate of drug-likeness (QED) is 0.418. The maximum atomic E-state index is 12.6. The molecule has 0 fully saturated rings. The predicted octanol–water partition coefficient (Wildman–Crippen LogP) is 3.58. The summed E-state index contributed by atoms with van der Waals surface area (Å²) in [6.45, 7) is 0.0684. The van der Waals surface area contributed by atoms with E-state index in [1.54, 1.807) is 54.7 Å². The molecule has 0 saturated carbocycles. The van der Waals surface area contributed by atoms with Crippen LogP contribution in [0.3, 0.4) is 0 Å². The number of aromatic carboxylic acids is 1. The number of H-pyrrole nitrogens is 1. The van der Waals surface area contributed by atoms with Gasteiger partial charge < -0.3 is 19.6 Å². The van der Waals surface area contributed by atoms with Crippen molar-refractivity contribution < 1.29 is 24.2 Å². The van der Waals surface area contributed by atoms with E-state index in [4.69, 9.17) is 14.6 Å². The Hall–Kier alpha value is -4.46. The smallest absolute Gasteiger partial charge is 0.338 e. The van der Waals surface area contributed by atoms with Crippen molar-refractivity contribution in [3.8, 4) is 5.88 Å². The van der Waals surface area contributed by atoms with Crippen LogP contribution in [0.15, 0.2) is 71.7 Å². The van der Waals surface area contributed by atoms with Crippen molar-refractivity contribution in [1.29, 1.82) is 0 Å². The summed E-state index contributed by atoms with van der Waals surface area (Å²) in [5.41, 5.74) is 2.93. The fourth-order valence-electron chi connectivity index (χ4n) is 3.38. The van der Waals surface area contributed by atoms with Crippen molar-refractivity contribution >= 4 is 22.8 Å². The molecule has 2 aromatic heterocycles. The molecule has 8 heteroatoms. The van der Waals surface area contributed by atoms with Crippen molar-refractivity contribution in [2.75, 3.05) is 7.11 Å². The zero-order chi connectivity index (χ0) is 23.4. The molecule has 0 aliphatic carbocycles. The fourth-order valence-corrected chi connectivity index (χ4v) is 3.38. The summed E-state index contributed by atoms with van der Waals surface area (Å²) in [5.74, 6) is -1.07. The van der Waals surface area contributed by atoms with E-state index in [9.17, 15) is 14.4 Å². The Balaban J connectivity index is 1.53. The molecule has 4 aromatic rings. The van der Waals surface area contributed by atoms with Gasteiger partial charge in [-0.1, -0.05) is 12.1 Å². The number of nitrogens with one attached hydrogen (secondary N) is 1. The Bertz CT molecular complexity index is 1390. The number of carboxylic acids is 1. The molecule has 0 unspecified atom stereocenters. The van der Waals surface area contributed by atoms with Gasteiger partial charge in [-0.3, -0.25) is 4.79 Å². The molecule has 0 spiro atoms. The highest BCUT2D eigenvalue weighted by Crippen LogP contribution is 2.18. The Morgan fingerprint density at radius 2 is 1.73 bits per heavy atom. The van der Waals surface area contributed by atoms with E-state index in [2.05, 4.69) is 9.97 Å². The number of benzene rings is 2. The average Bonchev–Trinajstić information content (AvgIpc) is 2.83. The van der Waals surface area contributed by atoms with Gasteiger partial charge in [-0.2, -0.15) is 0 Å². The SMILES string of the molecule is COc1cc(COC(=O)c2ccc3[nH]c(=O)c(Cc4ccc(C(=O)O)cc4)cc3c2)ccn1. The maximum absolute atomic E-state index is 12.6. The largest absolute Gasteiger partial charge is 0.481 e. The van der Waals surface area contributed by atoms with E-state index < -0.39 is 11.9 Å². The van der Waals surface area contributed by atoms with E-state index in [1.165, 1.54) is 19.2 Å². The summed E-state index contributed by atoms with van der Waals surface area (Å²) in [6, 6.07) is 16.4. The number of hydrogen-bond acceptors (Lipinski definition) is 6. The lowest BCUT2D eigenvalue weighted by Crippen LogP contribution is -2.13. The number of pyridine rings is 2. The van der Waals surface area contributed by atoms with Crippen molar-refractivity contribution in [3.63, 3.8) is 0 Å². The summed E-state index contributed by atoms with van der Waals surface area (Å²) in [7, 11) is 1.51. The molecule has 0 radical (unpaired) electrons. The van der Waals surface area contributed by atoms with Gasteiger partial charge >= 0.3 is 11.9 Å². The summed E-state index contributed by atoms with van der Waals surface area (Å²) in [5, 5.41) is 9.71. The topological polar surface area (TPSA) is 119 Å². The van der Waals surface area contributed by atoms with Gasteiger partial charge in [0, 0.05) is 29.8 Å². The van der Waals surface area contributed by atoms with Crippen LogP contribution >= 0.6 is 0 Å². The second kappa shape index (κ2) is 9.35. The van der Waals surface area contributed by atoms with E-state index in [-0.39, 0.29) is 17.7 Å². The molecule has 0 aliphatic heterocycles. The number of carbonyl (C=O) groups is 2. The number of carbonyl (C=O) groups excluding carboxylic acids is 1. The molecule has 0 amide bonds. The third-order valence-corrected chi connectivity index (χ3v) is 5.13. The van der Waals surface area contributed by atoms with Crippen molar-refractivity contribution in [1.82, 2.24) is 9.97 Å². The number of hydrogen-bond donors (Lipinski definition) is 2. The number of esters is 1. The Labute approximate surface area is 188 Å². The molecule has 0 atom stereocenters. The van der Waals surface area contributed by atoms with Gasteiger partial charge in [0.25, 0.3) is 5.56 Å². The molecule has 4 rings (SSSR count). The predicted molar refractivity (Wildman–Crippen MR) is 121 cm³/mol. The molecule has 33 heavy (non-hydrogen) atoms. The highest BCUT2D eigenvalue weighted by molar-refractivity contribution is 5.94. The van der Waals surface area contributed by atoms with Gasteiger partial charge in [0.15, 0.2) is 0 Å². The summed E-state index contributed by atoms with van der Waals surface area (Å²) < 4.78 is 10.5. The first-order valence-corrected chi connectivity index (χ1v) is 10.1. The molecule has 166 valence electrons. The minimum Gasteiger partial charge on any atom is -0.481 e. The molecule has 2 aromatic carbocycles. The third kappa shape index (κ3) is 5.07. The van der Waals surface area contributed by atoms with Crippen LogP contribution in [0.5, 0.6) is 5.88 Å². The number of nitrogens with zero attached hydrogens (tertiary/aromatic N) is 1. The summed E-state index contributed by atoms with van der Waals surface area (Å²) in [4.78, 5) is 42.9. The first-order chi connectivity index (χ1) is 15.9. The molecule has 0 aliphatic rings. The highest BCUT2D eigenvalue weighted by atomic mass is 16.5. The number of ether oxygens (including phenoxy) is 2. The second-order valence-corrected chi connectivity index (χ2v) is 7.39. The van der Waals surface area contributed by atoms with Crippen LogP contribution < -0.4 is 10.3 Å². The van der Waals surface area contributed by atoms with Crippen LogP contribution in [0.25, 0.3) is 10.9 Å². The molecule has 8 nitrogen and oxygen atoms in total. The van der Waals surface area contributed by atoms with E-state index >= 15 is 0 Å². The monoisotopic (exact) mass is 444 g/mol. The first-order valence-electron chi connectivity index (χ1n) is 10.1. The number of carboxylic acid groups (broad SMARTS) is 1. The minimum absolute atomic E-state index is 0.0684. The van der Waals surface area contributed by atoms with Crippen LogP contribution in [-0.4, -0.2) is 34.1 Å². The van der Waals surface area contributed by atoms with E-state index in [0.29, 0.717) is 34.3 Å². The van der Waals surface area contributed by atoms with Gasteiger partial charge in [0.1, 0.15) is 6.61 Å². The zero-order valence-corrected chi connectivity index (χ0v) is 17.7. The lowest BCUT2D eigenvalue weighted by atomic mass is 10.0. The first kappa shape index (κ1) is 21.8. The number of aromatic amines is 1. The maximum Gasteiger partial charge on any atom is 0.338 e. The minimum atomic E-state index is -1.01. The highest BCUT2D eigenvalue weighted by Gasteiger charge is 2.11. The molecule has 2 N–H and O–H groups in total. The number of rotatable bonds is 7.